The second kappa shape index (κ2) is 4.90. The van der Waals surface area contributed by atoms with Gasteiger partial charge in [0.2, 0.25) is 0 Å². The smallest absolute Gasteiger partial charge is 0.123 e. The molecule has 0 fully saturated rings. The van der Waals surface area contributed by atoms with Crippen LogP contribution < -0.4 is 4.74 Å². The monoisotopic (exact) mass is 234 g/mol. The van der Waals surface area contributed by atoms with Crippen molar-refractivity contribution < 1.29 is 9.84 Å². The van der Waals surface area contributed by atoms with Crippen molar-refractivity contribution in [3.8, 4) is 11.5 Å². The largest absolute Gasteiger partial charge is 0.507 e. The zero-order chi connectivity index (χ0) is 11.4. The van der Waals surface area contributed by atoms with Crippen LogP contribution in [-0.2, 0) is 6.61 Å². The molecule has 0 aliphatic rings. The first-order chi connectivity index (χ1) is 7.75. The van der Waals surface area contributed by atoms with Gasteiger partial charge in [0.05, 0.1) is 0 Å². The lowest BCUT2D eigenvalue weighted by atomic mass is 10.2. The molecule has 0 aliphatic carbocycles. The fourth-order valence-corrected chi connectivity index (χ4v) is 1.50. The molecule has 0 amide bonds. The minimum absolute atomic E-state index is 0.156. The van der Waals surface area contributed by atoms with E-state index >= 15 is 0 Å². The lowest BCUT2D eigenvalue weighted by Crippen LogP contribution is -1.95. The molecule has 2 aromatic carbocycles. The number of ether oxygens (including phenoxy) is 1. The van der Waals surface area contributed by atoms with Crippen molar-refractivity contribution in [2.24, 2.45) is 0 Å². The summed E-state index contributed by atoms with van der Waals surface area (Å²) in [4.78, 5) is 0. The summed E-state index contributed by atoms with van der Waals surface area (Å²) in [5.74, 6) is 0.931. The molecule has 0 aromatic heterocycles. The summed E-state index contributed by atoms with van der Waals surface area (Å²) in [6.07, 6.45) is 0. The average molecular weight is 235 g/mol. The van der Waals surface area contributed by atoms with Gasteiger partial charge in [-0.1, -0.05) is 35.9 Å². The maximum Gasteiger partial charge on any atom is 0.123 e. The van der Waals surface area contributed by atoms with Crippen molar-refractivity contribution >= 4 is 11.6 Å². The summed E-state index contributed by atoms with van der Waals surface area (Å²) in [5.41, 5.74) is 0.716. The van der Waals surface area contributed by atoms with E-state index in [0.717, 1.165) is 5.75 Å². The van der Waals surface area contributed by atoms with Gasteiger partial charge in [0.1, 0.15) is 18.1 Å². The number of hydrogen-bond acceptors (Lipinski definition) is 2. The third kappa shape index (κ3) is 2.67. The number of benzene rings is 2. The highest BCUT2D eigenvalue weighted by Gasteiger charge is 2.02. The fraction of sp³-hybridized carbons (Fsp3) is 0.0769. The normalized spacial score (nSPS) is 10.1. The molecule has 1 N–H and O–H groups in total. The molecule has 0 saturated carbocycles. The van der Waals surface area contributed by atoms with Gasteiger partial charge < -0.3 is 9.84 Å². The minimum atomic E-state index is 0.156. The van der Waals surface area contributed by atoms with E-state index < -0.39 is 0 Å². The zero-order valence-corrected chi connectivity index (χ0v) is 9.32. The van der Waals surface area contributed by atoms with Gasteiger partial charge in [0, 0.05) is 10.6 Å². The topological polar surface area (TPSA) is 29.5 Å². The molecule has 0 saturated heterocycles. The first kappa shape index (κ1) is 10.8. The number of halogens is 1. The number of para-hydroxylation sites is 1. The first-order valence-corrected chi connectivity index (χ1v) is 5.29. The van der Waals surface area contributed by atoms with E-state index in [1.165, 1.54) is 6.07 Å². The number of phenols is 1. The molecule has 0 spiro atoms. The Kier molecular flexibility index (Phi) is 3.32. The molecule has 16 heavy (non-hydrogen) atoms. The van der Waals surface area contributed by atoms with Crippen molar-refractivity contribution in [2.45, 2.75) is 6.61 Å². The number of hydrogen-bond donors (Lipinski definition) is 1. The third-order valence-electron chi connectivity index (χ3n) is 2.18. The molecular formula is C13H11ClO2. The molecule has 0 unspecified atom stereocenters. The molecule has 2 aromatic rings. The standard InChI is InChI=1S/C13H11ClO2/c14-11-7-6-10(13(15)8-11)9-16-12-4-2-1-3-5-12/h1-8,15H,9H2. The van der Waals surface area contributed by atoms with Crippen LogP contribution in [0.1, 0.15) is 5.56 Å². The summed E-state index contributed by atoms with van der Waals surface area (Å²) in [5, 5.41) is 10.1. The molecule has 0 heterocycles. The maximum absolute atomic E-state index is 9.60. The van der Waals surface area contributed by atoms with Gasteiger partial charge >= 0.3 is 0 Å². The molecule has 82 valence electrons. The van der Waals surface area contributed by atoms with Crippen LogP contribution in [0.25, 0.3) is 0 Å². The predicted octanol–water partition coefficient (Wildman–Crippen LogP) is 3.62. The van der Waals surface area contributed by atoms with E-state index in [4.69, 9.17) is 16.3 Å². The summed E-state index contributed by atoms with van der Waals surface area (Å²) in [6.45, 7) is 0.326. The van der Waals surface area contributed by atoms with E-state index in [1.54, 1.807) is 12.1 Å². The predicted molar refractivity (Wildman–Crippen MR) is 63.9 cm³/mol. The SMILES string of the molecule is Oc1cc(Cl)ccc1COc1ccccc1. The van der Waals surface area contributed by atoms with Gasteiger partial charge in [-0.2, -0.15) is 0 Å². The third-order valence-corrected chi connectivity index (χ3v) is 2.42. The van der Waals surface area contributed by atoms with Gasteiger partial charge in [-0.05, 0) is 24.3 Å². The van der Waals surface area contributed by atoms with Crippen LogP contribution in [0.15, 0.2) is 48.5 Å². The minimum Gasteiger partial charge on any atom is -0.507 e. The van der Waals surface area contributed by atoms with Crippen molar-refractivity contribution in [3.63, 3.8) is 0 Å². The van der Waals surface area contributed by atoms with E-state index in [9.17, 15) is 5.11 Å². The maximum atomic E-state index is 9.60. The second-order valence-corrected chi connectivity index (χ2v) is 3.81. The number of aromatic hydroxyl groups is 1. The van der Waals surface area contributed by atoms with Crippen LogP contribution in [0, 0.1) is 0 Å². The van der Waals surface area contributed by atoms with Crippen molar-refractivity contribution in [1.29, 1.82) is 0 Å². The Bertz CT molecular complexity index is 469. The first-order valence-electron chi connectivity index (χ1n) is 4.91. The summed E-state index contributed by atoms with van der Waals surface area (Å²) in [7, 11) is 0. The summed E-state index contributed by atoms with van der Waals surface area (Å²) >= 11 is 5.73. The summed E-state index contributed by atoms with van der Waals surface area (Å²) in [6, 6.07) is 14.4. The van der Waals surface area contributed by atoms with Crippen LogP contribution in [0.5, 0.6) is 11.5 Å². The Morgan fingerprint density at radius 3 is 2.50 bits per heavy atom. The van der Waals surface area contributed by atoms with E-state index in [-0.39, 0.29) is 5.75 Å². The van der Waals surface area contributed by atoms with Crippen molar-refractivity contribution in [1.82, 2.24) is 0 Å². The highest BCUT2D eigenvalue weighted by atomic mass is 35.5. The molecule has 0 aliphatic heterocycles. The van der Waals surface area contributed by atoms with E-state index in [1.807, 2.05) is 30.3 Å². The highest BCUT2D eigenvalue weighted by molar-refractivity contribution is 6.30. The van der Waals surface area contributed by atoms with Crippen LogP contribution in [0.3, 0.4) is 0 Å². The fourth-order valence-electron chi connectivity index (χ4n) is 1.34. The van der Waals surface area contributed by atoms with Gasteiger partial charge in [-0.15, -0.1) is 0 Å². The average Bonchev–Trinajstić information content (AvgIpc) is 2.29. The molecule has 0 radical (unpaired) electrons. The molecule has 0 atom stereocenters. The van der Waals surface area contributed by atoms with Crippen LogP contribution in [-0.4, -0.2) is 5.11 Å². The second-order valence-electron chi connectivity index (χ2n) is 3.37. The number of phenolic OH excluding ortho intramolecular Hbond substituents is 1. The Hall–Kier alpha value is -1.67. The lowest BCUT2D eigenvalue weighted by Gasteiger charge is -2.07. The van der Waals surface area contributed by atoms with Crippen LogP contribution in [0.2, 0.25) is 5.02 Å². The quantitative estimate of drug-likeness (QED) is 0.879. The van der Waals surface area contributed by atoms with Gasteiger partial charge in [0.15, 0.2) is 0 Å². The van der Waals surface area contributed by atoms with Gasteiger partial charge in [-0.25, -0.2) is 0 Å². The van der Waals surface area contributed by atoms with Gasteiger partial charge in [0.25, 0.3) is 0 Å². The Morgan fingerprint density at radius 1 is 1.06 bits per heavy atom. The Labute approximate surface area is 99.1 Å². The van der Waals surface area contributed by atoms with Crippen LogP contribution >= 0.6 is 11.6 Å². The summed E-state index contributed by atoms with van der Waals surface area (Å²) < 4.78 is 5.51. The van der Waals surface area contributed by atoms with E-state index in [2.05, 4.69) is 0 Å². The molecule has 3 heteroatoms. The Balaban J connectivity index is 2.05. The molecule has 2 rings (SSSR count). The molecular weight excluding hydrogens is 224 g/mol. The Morgan fingerprint density at radius 2 is 1.81 bits per heavy atom. The van der Waals surface area contributed by atoms with Gasteiger partial charge in [-0.3, -0.25) is 0 Å². The molecule has 0 bridgehead atoms. The highest BCUT2D eigenvalue weighted by Crippen LogP contribution is 2.23. The van der Waals surface area contributed by atoms with Crippen LogP contribution in [0.4, 0.5) is 0 Å². The number of rotatable bonds is 3. The van der Waals surface area contributed by atoms with Crippen molar-refractivity contribution in [3.05, 3.63) is 59.1 Å². The molecule has 2 nitrogen and oxygen atoms in total. The zero-order valence-electron chi connectivity index (χ0n) is 8.56. The van der Waals surface area contributed by atoms with Crippen molar-refractivity contribution in [2.75, 3.05) is 0 Å². The van der Waals surface area contributed by atoms with E-state index in [0.29, 0.717) is 17.2 Å². The lowest BCUT2D eigenvalue weighted by molar-refractivity contribution is 0.299.